The van der Waals surface area contributed by atoms with Crippen molar-refractivity contribution in [3.05, 3.63) is 0 Å². The fourth-order valence-corrected chi connectivity index (χ4v) is 3.43. The maximum Gasteiger partial charge on any atom is 0.321 e. The van der Waals surface area contributed by atoms with Gasteiger partial charge in [0, 0.05) is 18.2 Å². The molecule has 3 rings (SSSR count). The Hall–Kier alpha value is -1.64. The monoisotopic (exact) mass is 324 g/mol. The van der Waals surface area contributed by atoms with Crippen LogP contribution in [0, 0.1) is 0 Å². The number of thioether (sulfide) groups is 1. The van der Waals surface area contributed by atoms with E-state index in [1.807, 2.05) is 4.68 Å². The summed E-state index contributed by atoms with van der Waals surface area (Å²) in [6.45, 7) is 0. The van der Waals surface area contributed by atoms with Crippen LogP contribution in [0.5, 0.6) is 0 Å². The zero-order chi connectivity index (χ0) is 15.4. The predicted octanol–water partition coefficient (Wildman–Crippen LogP) is 1.26. The minimum atomic E-state index is -0.385. The predicted molar refractivity (Wildman–Crippen MR) is 80.4 cm³/mol. The van der Waals surface area contributed by atoms with Crippen LogP contribution in [-0.4, -0.2) is 43.9 Å². The highest BCUT2D eigenvalue weighted by Gasteiger charge is 2.27. The third-order valence-corrected chi connectivity index (χ3v) is 4.79. The first-order chi connectivity index (χ1) is 10.7. The lowest BCUT2D eigenvalue weighted by atomic mass is 10.2. The number of tetrazole rings is 1. The van der Waals surface area contributed by atoms with E-state index in [1.165, 1.54) is 11.8 Å². The molecule has 0 spiro atoms. The smallest absolute Gasteiger partial charge is 0.321 e. The number of aromatic nitrogens is 4. The standard InChI is InChI=1S/C13H20N6O2S/c20-11(15-12(21)14-9-3-1-2-4-9)7-8-22-13-16-17-18-19(13)10-5-6-10/h9-10H,1-8H2,(H2,14,15,20,21). The van der Waals surface area contributed by atoms with Gasteiger partial charge in [0.15, 0.2) is 0 Å². The molecule has 2 aliphatic carbocycles. The minimum Gasteiger partial charge on any atom is -0.335 e. The van der Waals surface area contributed by atoms with E-state index in [1.54, 1.807) is 0 Å². The van der Waals surface area contributed by atoms with Crippen molar-refractivity contribution < 1.29 is 9.59 Å². The molecule has 120 valence electrons. The summed E-state index contributed by atoms with van der Waals surface area (Å²) < 4.78 is 1.81. The van der Waals surface area contributed by atoms with Crippen LogP contribution < -0.4 is 10.6 Å². The topological polar surface area (TPSA) is 102 Å². The first-order valence-corrected chi connectivity index (χ1v) is 8.72. The average molecular weight is 324 g/mol. The molecule has 22 heavy (non-hydrogen) atoms. The summed E-state index contributed by atoms with van der Waals surface area (Å²) in [5, 5.41) is 17.5. The Kier molecular flexibility index (Phi) is 4.91. The molecule has 9 heteroatoms. The van der Waals surface area contributed by atoms with Crippen LogP contribution >= 0.6 is 11.8 Å². The normalized spacial score (nSPS) is 18.4. The lowest BCUT2D eigenvalue weighted by molar-refractivity contribution is -0.119. The SMILES string of the molecule is O=C(CCSc1nnnn1C1CC1)NC(=O)NC1CCCC1. The molecule has 3 amide bonds. The van der Waals surface area contributed by atoms with Gasteiger partial charge in [0.2, 0.25) is 11.1 Å². The number of hydrogen-bond donors (Lipinski definition) is 2. The largest absolute Gasteiger partial charge is 0.335 e. The average Bonchev–Trinajstić information content (AvgIpc) is 2.99. The Morgan fingerprint density at radius 3 is 2.73 bits per heavy atom. The summed E-state index contributed by atoms with van der Waals surface area (Å²) in [6, 6.07) is 0.249. The van der Waals surface area contributed by atoms with Crippen molar-refractivity contribution in [2.45, 2.75) is 62.2 Å². The van der Waals surface area contributed by atoms with Gasteiger partial charge in [-0.2, -0.15) is 0 Å². The van der Waals surface area contributed by atoms with E-state index in [9.17, 15) is 9.59 Å². The zero-order valence-corrected chi connectivity index (χ0v) is 13.1. The Morgan fingerprint density at radius 2 is 2.00 bits per heavy atom. The molecule has 2 saturated carbocycles. The number of nitrogens with zero attached hydrogens (tertiary/aromatic N) is 4. The third-order valence-electron chi connectivity index (χ3n) is 3.86. The van der Waals surface area contributed by atoms with Crippen LogP contribution in [0.1, 0.15) is 51.0 Å². The highest BCUT2D eigenvalue weighted by atomic mass is 32.2. The van der Waals surface area contributed by atoms with E-state index in [-0.39, 0.29) is 24.4 Å². The van der Waals surface area contributed by atoms with E-state index in [0.29, 0.717) is 11.8 Å². The third kappa shape index (κ3) is 4.19. The molecule has 1 heterocycles. The number of carbonyl (C=O) groups excluding carboxylic acids is 2. The second-order valence-corrected chi connectivity index (χ2v) is 6.80. The van der Waals surface area contributed by atoms with Crippen molar-refractivity contribution in [2.24, 2.45) is 0 Å². The Balaban J connectivity index is 1.35. The van der Waals surface area contributed by atoms with Gasteiger partial charge in [-0.3, -0.25) is 10.1 Å². The molecule has 0 saturated heterocycles. The second-order valence-electron chi connectivity index (χ2n) is 5.74. The van der Waals surface area contributed by atoms with Crippen LogP contribution in [0.25, 0.3) is 0 Å². The Bertz CT molecular complexity index is 538. The van der Waals surface area contributed by atoms with Crippen LogP contribution in [0.4, 0.5) is 4.79 Å². The number of carbonyl (C=O) groups is 2. The first-order valence-electron chi connectivity index (χ1n) is 7.73. The Morgan fingerprint density at radius 1 is 1.23 bits per heavy atom. The van der Waals surface area contributed by atoms with Crippen molar-refractivity contribution in [3.8, 4) is 0 Å². The van der Waals surface area contributed by atoms with Gasteiger partial charge >= 0.3 is 6.03 Å². The summed E-state index contributed by atoms with van der Waals surface area (Å²) >= 11 is 1.44. The molecule has 2 fully saturated rings. The molecule has 2 aliphatic rings. The molecule has 0 bridgehead atoms. The van der Waals surface area contributed by atoms with Crippen LogP contribution in [-0.2, 0) is 4.79 Å². The quantitative estimate of drug-likeness (QED) is 0.764. The molecule has 1 aromatic rings. The number of hydrogen-bond acceptors (Lipinski definition) is 6. The van der Waals surface area contributed by atoms with Gasteiger partial charge < -0.3 is 5.32 Å². The van der Waals surface area contributed by atoms with E-state index in [4.69, 9.17) is 0 Å². The van der Waals surface area contributed by atoms with Crippen LogP contribution in [0.3, 0.4) is 0 Å². The van der Waals surface area contributed by atoms with Crippen molar-refractivity contribution in [2.75, 3.05) is 5.75 Å². The molecule has 0 atom stereocenters. The van der Waals surface area contributed by atoms with E-state index in [0.717, 1.165) is 43.7 Å². The molecular formula is C13H20N6O2S. The number of imide groups is 1. The highest BCUT2D eigenvalue weighted by Crippen LogP contribution is 2.36. The number of urea groups is 1. The van der Waals surface area contributed by atoms with Crippen LogP contribution in [0.2, 0.25) is 0 Å². The maximum absolute atomic E-state index is 11.7. The van der Waals surface area contributed by atoms with E-state index in [2.05, 4.69) is 26.2 Å². The fraction of sp³-hybridized carbons (Fsp3) is 0.769. The van der Waals surface area contributed by atoms with Gasteiger partial charge in [-0.25, -0.2) is 9.48 Å². The van der Waals surface area contributed by atoms with E-state index < -0.39 is 0 Å². The molecule has 0 radical (unpaired) electrons. The zero-order valence-electron chi connectivity index (χ0n) is 12.3. The Labute approximate surface area is 132 Å². The van der Waals surface area contributed by atoms with Crippen molar-refractivity contribution >= 4 is 23.7 Å². The lowest BCUT2D eigenvalue weighted by Gasteiger charge is -2.12. The van der Waals surface area contributed by atoms with Gasteiger partial charge in [-0.1, -0.05) is 24.6 Å². The van der Waals surface area contributed by atoms with Gasteiger partial charge in [-0.05, 0) is 36.1 Å². The second kappa shape index (κ2) is 7.08. The minimum absolute atomic E-state index is 0.213. The summed E-state index contributed by atoms with van der Waals surface area (Å²) in [4.78, 5) is 23.4. The summed E-state index contributed by atoms with van der Waals surface area (Å²) in [5.41, 5.74) is 0. The molecular weight excluding hydrogens is 304 g/mol. The number of nitrogens with one attached hydrogen (secondary N) is 2. The van der Waals surface area contributed by atoms with Gasteiger partial charge in [0.25, 0.3) is 0 Å². The molecule has 2 N–H and O–H groups in total. The molecule has 0 aromatic carbocycles. The number of rotatable bonds is 6. The van der Waals surface area contributed by atoms with Crippen molar-refractivity contribution in [1.82, 2.24) is 30.8 Å². The summed E-state index contributed by atoms with van der Waals surface area (Å²) in [5.74, 6) is 0.281. The van der Waals surface area contributed by atoms with Gasteiger partial charge in [0.1, 0.15) is 0 Å². The summed E-state index contributed by atoms with van der Waals surface area (Å²) in [6.07, 6.45) is 6.78. The van der Waals surface area contributed by atoms with Gasteiger partial charge in [0.05, 0.1) is 6.04 Å². The van der Waals surface area contributed by atoms with Crippen LogP contribution in [0.15, 0.2) is 5.16 Å². The van der Waals surface area contributed by atoms with Gasteiger partial charge in [-0.15, -0.1) is 5.10 Å². The van der Waals surface area contributed by atoms with Crippen molar-refractivity contribution in [3.63, 3.8) is 0 Å². The molecule has 1 aromatic heterocycles. The lowest BCUT2D eigenvalue weighted by Crippen LogP contribution is -2.43. The first kappa shape index (κ1) is 15.3. The molecule has 8 nitrogen and oxygen atoms in total. The fourth-order valence-electron chi connectivity index (χ4n) is 2.54. The molecule has 0 unspecified atom stereocenters. The number of amides is 3. The van der Waals surface area contributed by atoms with Crippen molar-refractivity contribution in [1.29, 1.82) is 0 Å². The highest BCUT2D eigenvalue weighted by molar-refractivity contribution is 7.99. The van der Waals surface area contributed by atoms with E-state index >= 15 is 0 Å². The maximum atomic E-state index is 11.7. The summed E-state index contributed by atoms with van der Waals surface area (Å²) in [7, 11) is 0. The molecule has 0 aliphatic heterocycles.